The van der Waals surface area contributed by atoms with E-state index in [1.807, 2.05) is 20.8 Å². The summed E-state index contributed by atoms with van der Waals surface area (Å²) in [5, 5.41) is 2.83. The van der Waals surface area contributed by atoms with E-state index < -0.39 is 5.60 Å². The molecule has 0 aromatic heterocycles. The van der Waals surface area contributed by atoms with Crippen molar-refractivity contribution >= 4 is 6.09 Å². The molecule has 1 aliphatic rings. The third-order valence-electron chi connectivity index (χ3n) is 3.90. The number of ether oxygens (including phenoxy) is 1. The maximum Gasteiger partial charge on any atom is 0.407 e. The van der Waals surface area contributed by atoms with Crippen LogP contribution in [-0.4, -0.2) is 48.8 Å². The van der Waals surface area contributed by atoms with Gasteiger partial charge in [0.1, 0.15) is 5.60 Å². The molecule has 1 rings (SSSR count). The second-order valence-corrected chi connectivity index (χ2v) is 6.66. The number of carbonyl (C=O) groups is 1. The Hall–Kier alpha value is -0.810. The first-order valence-electron chi connectivity index (χ1n) is 7.76. The third kappa shape index (κ3) is 6.09. The van der Waals surface area contributed by atoms with E-state index in [1.165, 1.54) is 19.3 Å². The van der Waals surface area contributed by atoms with Gasteiger partial charge < -0.3 is 15.8 Å². The molecule has 1 fully saturated rings. The van der Waals surface area contributed by atoms with Gasteiger partial charge in [-0.3, -0.25) is 4.90 Å². The van der Waals surface area contributed by atoms with Crippen LogP contribution >= 0.6 is 0 Å². The summed E-state index contributed by atoms with van der Waals surface area (Å²) in [6.45, 7) is 11.1. The van der Waals surface area contributed by atoms with Crippen LogP contribution in [0.15, 0.2) is 0 Å². The first kappa shape index (κ1) is 17.2. The van der Waals surface area contributed by atoms with Gasteiger partial charge in [-0.2, -0.15) is 0 Å². The third-order valence-corrected chi connectivity index (χ3v) is 3.90. The molecule has 3 N–H and O–H groups in total. The first-order valence-corrected chi connectivity index (χ1v) is 7.76. The van der Waals surface area contributed by atoms with Gasteiger partial charge in [0.2, 0.25) is 0 Å². The molecule has 1 unspecified atom stereocenters. The van der Waals surface area contributed by atoms with Gasteiger partial charge in [-0.15, -0.1) is 0 Å². The molecule has 0 radical (unpaired) electrons. The molecule has 5 nitrogen and oxygen atoms in total. The molecule has 5 heteroatoms. The number of amides is 1. The van der Waals surface area contributed by atoms with Gasteiger partial charge in [-0.1, -0.05) is 13.3 Å². The van der Waals surface area contributed by atoms with Gasteiger partial charge in [0.25, 0.3) is 0 Å². The Morgan fingerprint density at radius 3 is 2.45 bits per heavy atom. The lowest BCUT2D eigenvalue weighted by atomic mass is 9.93. The van der Waals surface area contributed by atoms with Crippen molar-refractivity contribution < 1.29 is 9.53 Å². The average molecular weight is 285 g/mol. The lowest BCUT2D eigenvalue weighted by molar-refractivity contribution is 0.0498. The number of piperidine rings is 1. The summed E-state index contributed by atoms with van der Waals surface area (Å²) in [7, 11) is 0. The van der Waals surface area contributed by atoms with Crippen molar-refractivity contribution in [2.75, 3.05) is 26.2 Å². The number of alkyl carbamates (subject to hydrolysis) is 1. The molecule has 0 aromatic carbocycles. The normalized spacial score (nSPS) is 19.6. The highest BCUT2D eigenvalue weighted by molar-refractivity contribution is 5.67. The predicted molar refractivity (Wildman–Crippen MR) is 81.7 cm³/mol. The van der Waals surface area contributed by atoms with Gasteiger partial charge in [0, 0.05) is 19.1 Å². The van der Waals surface area contributed by atoms with Crippen molar-refractivity contribution in [1.82, 2.24) is 10.2 Å². The average Bonchev–Trinajstić information content (AvgIpc) is 2.38. The number of nitrogens with zero attached hydrogens (tertiary/aromatic N) is 1. The van der Waals surface area contributed by atoms with Gasteiger partial charge in [-0.05, 0) is 52.6 Å². The van der Waals surface area contributed by atoms with Crippen LogP contribution in [0.4, 0.5) is 4.79 Å². The van der Waals surface area contributed by atoms with Crippen LogP contribution in [0.25, 0.3) is 0 Å². The Morgan fingerprint density at radius 1 is 1.40 bits per heavy atom. The number of carbonyl (C=O) groups excluding carboxylic acids is 1. The quantitative estimate of drug-likeness (QED) is 0.810. The molecule has 0 saturated carbocycles. The van der Waals surface area contributed by atoms with E-state index in [9.17, 15) is 4.79 Å². The second kappa shape index (κ2) is 7.84. The van der Waals surface area contributed by atoms with Crippen LogP contribution in [0.1, 0.15) is 47.0 Å². The molecule has 1 saturated heterocycles. The highest BCUT2D eigenvalue weighted by Crippen LogP contribution is 2.21. The smallest absolute Gasteiger partial charge is 0.407 e. The molecule has 0 bridgehead atoms. The maximum atomic E-state index is 11.7. The minimum atomic E-state index is -0.457. The predicted octanol–water partition coefficient (Wildman–Crippen LogP) is 1.96. The molecule has 0 spiro atoms. The molecule has 20 heavy (non-hydrogen) atoms. The largest absolute Gasteiger partial charge is 0.444 e. The SMILES string of the molecule is CCC1CCN(C(CN)CNC(=O)OC(C)(C)C)CC1. The van der Waals surface area contributed by atoms with Crippen LogP contribution in [-0.2, 0) is 4.74 Å². The van der Waals surface area contributed by atoms with Crippen molar-refractivity contribution in [3.05, 3.63) is 0 Å². The zero-order chi connectivity index (χ0) is 15.2. The van der Waals surface area contributed by atoms with Gasteiger partial charge >= 0.3 is 6.09 Å². The minimum absolute atomic E-state index is 0.209. The Morgan fingerprint density at radius 2 is 2.00 bits per heavy atom. The van der Waals surface area contributed by atoms with E-state index in [1.54, 1.807) is 0 Å². The van der Waals surface area contributed by atoms with Crippen LogP contribution < -0.4 is 11.1 Å². The monoisotopic (exact) mass is 285 g/mol. The fraction of sp³-hybridized carbons (Fsp3) is 0.933. The van der Waals surface area contributed by atoms with Crippen LogP contribution in [0, 0.1) is 5.92 Å². The van der Waals surface area contributed by atoms with Gasteiger partial charge in [0.05, 0.1) is 0 Å². The zero-order valence-electron chi connectivity index (χ0n) is 13.4. The topological polar surface area (TPSA) is 67.6 Å². The van der Waals surface area contributed by atoms with E-state index in [0.717, 1.165) is 19.0 Å². The Labute approximate surface area is 123 Å². The standard InChI is InChI=1S/C15H31N3O2/c1-5-12-6-8-18(9-7-12)13(10-16)11-17-14(19)20-15(2,3)4/h12-13H,5-11,16H2,1-4H3,(H,17,19). The van der Waals surface area contributed by atoms with E-state index >= 15 is 0 Å². The molecule has 0 aliphatic carbocycles. The van der Waals surface area contributed by atoms with E-state index in [4.69, 9.17) is 10.5 Å². The van der Waals surface area contributed by atoms with Crippen LogP contribution in [0.2, 0.25) is 0 Å². The lowest BCUT2D eigenvalue weighted by Crippen LogP contribution is -2.51. The van der Waals surface area contributed by atoms with Crippen molar-refractivity contribution in [2.24, 2.45) is 11.7 Å². The number of hydrogen-bond donors (Lipinski definition) is 2. The summed E-state index contributed by atoms with van der Waals surface area (Å²) in [6.07, 6.45) is 3.37. The van der Waals surface area contributed by atoms with Crippen LogP contribution in [0.3, 0.4) is 0 Å². The lowest BCUT2D eigenvalue weighted by Gasteiger charge is -2.37. The van der Waals surface area contributed by atoms with Gasteiger partial charge in [-0.25, -0.2) is 4.79 Å². The van der Waals surface area contributed by atoms with E-state index in [-0.39, 0.29) is 12.1 Å². The molecule has 0 aromatic rings. The summed E-state index contributed by atoms with van der Waals surface area (Å²) in [4.78, 5) is 14.1. The number of hydrogen-bond acceptors (Lipinski definition) is 4. The summed E-state index contributed by atoms with van der Waals surface area (Å²) in [5.41, 5.74) is 5.39. The molecule has 1 heterocycles. The summed E-state index contributed by atoms with van der Waals surface area (Å²) in [6, 6.07) is 0.209. The highest BCUT2D eigenvalue weighted by Gasteiger charge is 2.24. The molecular weight excluding hydrogens is 254 g/mol. The highest BCUT2D eigenvalue weighted by atomic mass is 16.6. The molecular formula is C15H31N3O2. The molecule has 1 aliphatic heterocycles. The summed E-state index contributed by atoms with van der Waals surface area (Å²) in [5.74, 6) is 0.850. The Balaban J connectivity index is 2.34. The summed E-state index contributed by atoms with van der Waals surface area (Å²) >= 11 is 0. The Kier molecular flexibility index (Phi) is 6.76. The molecule has 1 amide bonds. The fourth-order valence-electron chi connectivity index (χ4n) is 2.60. The Bertz CT molecular complexity index is 294. The molecule has 118 valence electrons. The maximum absolute atomic E-state index is 11.7. The van der Waals surface area contributed by atoms with Crippen molar-refractivity contribution in [1.29, 1.82) is 0 Å². The van der Waals surface area contributed by atoms with Gasteiger partial charge in [0.15, 0.2) is 0 Å². The number of rotatable bonds is 5. The summed E-state index contributed by atoms with van der Waals surface area (Å²) < 4.78 is 5.25. The number of nitrogens with one attached hydrogen (secondary N) is 1. The van der Waals surface area contributed by atoms with E-state index in [0.29, 0.717) is 13.1 Å². The van der Waals surface area contributed by atoms with Crippen molar-refractivity contribution in [3.8, 4) is 0 Å². The van der Waals surface area contributed by atoms with Crippen LogP contribution in [0.5, 0.6) is 0 Å². The number of likely N-dealkylation sites (tertiary alicyclic amines) is 1. The second-order valence-electron chi connectivity index (χ2n) is 6.66. The van der Waals surface area contributed by atoms with Crippen molar-refractivity contribution in [2.45, 2.75) is 58.6 Å². The molecule has 1 atom stereocenters. The fourth-order valence-corrected chi connectivity index (χ4v) is 2.60. The van der Waals surface area contributed by atoms with Crippen molar-refractivity contribution in [3.63, 3.8) is 0 Å². The zero-order valence-corrected chi connectivity index (χ0v) is 13.4. The minimum Gasteiger partial charge on any atom is -0.444 e. The first-order chi connectivity index (χ1) is 9.35. The van der Waals surface area contributed by atoms with E-state index in [2.05, 4.69) is 17.1 Å². The number of nitrogens with two attached hydrogens (primary N) is 1.